The summed E-state index contributed by atoms with van der Waals surface area (Å²) in [5, 5.41) is 0. The highest BCUT2D eigenvalue weighted by Crippen LogP contribution is 2.23. The summed E-state index contributed by atoms with van der Waals surface area (Å²) in [6, 6.07) is 0. The minimum absolute atomic E-state index is 0.391. The molecule has 2 atom stereocenters. The van der Waals surface area contributed by atoms with Crippen molar-refractivity contribution in [2.45, 2.75) is 20.3 Å². The minimum Gasteiger partial charge on any atom is -0.468 e. The zero-order chi connectivity index (χ0) is 11.8. The van der Waals surface area contributed by atoms with Crippen LogP contribution in [0, 0.1) is 11.8 Å². The van der Waals surface area contributed by atoms with Gasteiger partial charge >= 0.3 is 5.97 Å². The van der Waals surface area contributed by atoms with Gasteiger partial charge in [-0.15, -0.1) is 0 Å². The van der Waals surface area contributed by atoms with Crippen molar-refractivity contribution in [1.82, 2.24) is 0 Å². The number of aldehydes is 2. The Kier molecular flexibility index (Phi) is 6.25. The zero-order valence-corrected chi connectivity index (χ0v) is 9.23. The molecule has 0 spiro atoms. The normalized spacial score (nSPS) is 15.3. The Morgan fingerprint density at radius 3 is 2.27 bits per heavy atom. The maximum Gasteiger partial charge on any atom is 0.316 e. The fourth-order valence-corrected chi connectivity index (χ4v) is 1.52. The first-order valence-corrected chi connectivity index (χ1v) is 4.80. The van der Waals surface area contributed by atoms with Gasteiger partial charge in [-0.2, -0.15) is 0 Å². The van der Waals surface area contributed by atoms with Crippen molar-refractivity contribution in [2.75, 3.05) is 7.11 Å². The molecule has 0 aromatic rings. The van der Waals surface area contributed by atoms with E-state index >= 15 is 0 Å². The Hall–Kier alpha value is -1.45. The summed E-state index contributed by atoms with van der Waals surface area (Å²) in [6.45, 7) is 3.52. The lowest BCUT2D eigenvalue weighted by Gasteiger charge is -2.19. The second-order valence-electron chi connectivity index (χ2n) is 3.11. The maximum atomic E-state index is 11.3. The number of esters is 1. The van der Waals surface area contributed by atoms with Crippen molar-refractivity contribution in [3.63, 3.8) is 0 Å². The quantitative estimate of drug-likeness (QED) is 0.287. The molecular formula is C11H16O4. The summed E-state index contributed by atoms with van der Waals surface area (Å²) < 4.78 is 4.51. The van der Waals surface area contributed by atoms with Gasteiger partial charge in [0.25, 0.3) is 0 Å². The molecule has 0 saturated heterocycles. The van der Waals surface area contributed by atoms with Crippen molar-refractivity contribution in [1.29, 1.82) is 0 Å². The summed E-state index contributed by atoms with van der Waals surface area (Å²) in [6.07, 6.45) is 3.36. The molecule has 0 rings (SSSR count). The molecule has 0 bridgehead atoms. The number of allylic oxidation sites excluding steroid dienone is 2. The molecular weight excluding hydrogens is 196 g/mol. The highest BCUT2D eigenvalue weighted by atomic mass is 16.5. The number of rotatable bonds is 6. The van der Waals surface area contributed by atoms with Gasteiger partial charge in [0.1, 0.15) is 18.5 Å². The van der Waals surface area contributed by atoms with E-state index in [0.29, 0.717) is 24.6 Å². The maximum absolute atomic E-state index is 11.3. The molecule has 2 unspecified atom stereocenters. The third-order valence-corrected chi connectivity index (χ3v) is 2.39. The number of carbonyl (C=O) groups excluding carboxylic acids is 3. The van der Waals surface area contributed by atoms with E-state index in [9.17, 15) is 14.4 Å². The van der Waals surface area contributed by atoms with Crippen molar-refractivity contribution >= 4 is 18.5 Å². The molecule has 0 saturated carbocycles. The fraction of sp³-hybridized carbons (Fsp3) is 0.545. The van der Waals surface area contributed by atoms with Crippen LogP contribution in [0.1, 0.15) is 20.3 Å². The van der Waals surface area contributed by atoms with E-state index in [2.05, 4.69) is 4.74 Å². The van der Waals surface area contributed by atoms with Crippen LogP contribution < -0.4 is 0 Å². The topological polar surface area (TPSA) is 60.4 Å². The zero-order valence-electron chi connectivity index (χ0n) is 9.23. The van der Waals surface area contributed by atoms with Gasteiger partial charge in [-0.05, 0) is 18.9 Å². The van der Waals surface area contributed by atoms with Crippen molar-refractivity contribution in [3.05, 3.63) is 11.6 Å². The fourth-order valence-electron chi connectivity index (χ4n) is 1.52. The number of hydrogen-bond acceptors (Lipinski definition) is 4. The lowest BCUT2D eigenvalue weighted by atomic mass is 9.85. The van der Waals surface area contributed by atoms with Gasteiger partial charge in [-0.25, -0.2) is 0 Å². The highest BCUT2D eigenvalue weighted by molar-refractivity contribution is 5.90. The number of methoxy groups -OCH3 is 1. The van der Waals surface area contributed by atoms with Crippen LogP contribution in [0.2, 0.25) is 0 Å². The van der Waals surface area contributed by atoms with E-state index in [-0.39, 0.29) is 0 Å². The van der Waals surface area contributed by atoms with Crippen LogP contribution in [0.15, 0.2) is 11.6 Å². The van der Waals surface area contributed by atoms with Crippen molar-refractivity contribution in [2.24, 2.45) is 11.8 Å². The van der Waals surface area contributed by atoms with E-state index in [4.69, 9.17) is 0 Å². The molecule has 4 heteroatoms. The average molecular weight is 212 g/mol. The van der Waals surface area contributed by atoms with Gasteiger partial charge in [0.15, 0.2) is 0 Å². The Morgan fingerprint density at radius 1 is 1.40 bits per heavy atom. The molecule has 0 N–H and O–H groups in total. The van der Waals surface area contributed by atoms with E-state index in [1.54, 1.807) is 13.0 Å². The van der Waals surface area contributed by atoms with Gasteiger partial charge in [0, 0.05) is 5.92 Å². The van der Waals surface area contributed by atoms with Crippen LogP contribution in [-0.4, -0.2) is 25.7 Å². The first kappa shape index (κ1) is 13.5. The molecule has 0 aromatic heterocycles. The first-order valence-electron chi connectivity index (χ1n) is 4.80. The second-order valence-corrected chi connectivity index (χ2v) is 3.11. The van der Waals surface area contributed by atoms with Crippen molar-refractivity contribution in [3.8, 4) is 0 Å². The number of ether oxygens (including phenoxy) is 1. The van der Waals surface area contributed by atoms with Crippen LogP contribution in [0.3, 0.4) is 0 Å². The van der Waals surface area contributed by atoms with Crippen LogP contribution in [-0.2, 0) is 19.1 Å². The van der Waals surface area contributed by atoms with E-state index < -0.39 is 17.8 Å². The predicted molar refractivity (Wildman–Crippen MR) is 55.2 cm³/mol. The molecule has 0 heterocycles. The Balaban J connectivity index is 4.98. The molecule has 0 amide bonds. The molecule has 15 heavy (non-hydrogen) atoms. The van der Waals surface area contributed by atoms with Crippen molar-refractivity contribution < 1.29 is 19.1 Å². The first-order chi connectivity index (χ1) is 7.15. The summed E-state index contributed by atoms with van der Waals surface area (Å²) >= 11 is 0. The third kappa shape index (κ3) is 3.31. The van der Waals surface area contributed by atoms with Crippen LogP contribution >= 0.6 is 0 Å². The van der Waals surface area contributed by atoms with Gasteiger partial charge in [0.2, 0.25) is 0 Å². The highest BCUT2D eigenvalue weighted by Gasteiger charge is 2.29. The van der Waals surface area contributed by atoms with Crippen LogP contribution in [0.5, 0.6) is 0 Å². The Labute approximate surface area is 89.3 Å². The minimum atomic E-state index is -0.892. The number of carbonyl (C=O) groups is 3. The van der Waals surface area contributed by atoms with Gasteiger partial charge in [0.05, 0.1) is 7.11 Å². The lowest BCUT2D eigenvalue weighted by Crippen LogP contribution is -2.27. The van der Waals surface area contributed by atoms with E-state index in [1.165, 1.54) is 7.11 Å². The van der Waals surface area contributed by atoms with Gasteiger partial charge in [-0.1, -0.05) is 13.0 Å². The molecule has 0 radical (unpaired) electrons. The standard InChI is InChI=1S/C11H16O4/c1-4-8(6-12)9(5-2)10(7-13)11(14)15-3/h4,6-7,9-10H,5H2,1-3H3/b8-4+. The Morgan fingerprint density at radius 2 is 2.00 bits per heavy atom. The predicted octanol–water partition coefficient (Wildman–Crippen LogP) is 1.15. The third-order valence-electron chi connectivity index (χ3n) is 2.39. The monoisotopic (exact) mass is 212 g/mol. The smallest absolute Gasteiger partial charge is 0.316 e. The molecule has 4 nitrogen and oxygen atoms in total. The number of hydrogen-bond donors (Lipinski definition) is 0. The molecule has 0 aliphatic heterocycles. The molecule has 0 fully saturated rings. The average Bonchev–Trinajstić information content (AvgIpc) is 2.28. The van der Waals surface area contributed by atoms with Gasteiger partial charge in [-0.3, -0.25) is 9.59 Å². The molecule has 0 aliphatic rings. The van der Waals surface area contributed by atoms with Crippen LogP contribution in [0.25, 0.3) is 0 Å². The second kappa shape index (κ2) is 6.92. The Bertz CT molecular complexity index is 268. The molecule has 0 aliphatic carbocycles. The summed E-state index contributed by atoms with van der Waals surface area (Å²) in [5.41, 5.74) is 0.458. The van der Waals surface area contributed by atoms with E-state index in [0.717, 1.165) is 0 Å². The summed E-state index contributed by atoms with van der Waals surface area (Å²) in [5.74, 6) is -1.88. The van der Waals surface area contributed by atoms with E-state index in [1.807, 2.05) is 6.92 Å². The lowest BCUT2D eigenvalue weighted by molar-refractivity contribution is -0.148. The summed E-state index contributed by atoms with van der Waals surface area (Å²) in [7, 11) is 1.22. The molecule has 0 aromatic carbocycles. The largest absolute Gasteiger partial charge is 0.468 e. The SMILES string of the molecule is C/C=C(\C=O)C(CC)C(C=O)C(=O)OC. The van der Waals surface area contributed by atoms with Gasteiger partial charge < -0.3 is 9.53 Å². The summed E-state index contributed by atoms with van der Waals surface area (Å²) in [4.78, 5) is 32.8. The molecule has 84 valence electrons. The van der Waals surface area contributed by atoms with Crippen LogP contribution in [0.4, 0.5) is 0 Å².